The summed E-state index contributed by atoms with van der Waals surface area (Å²) in [6.07, 6.45) is 5.32. The predicted molar refractivity (Wildman–Crippen MR) is 66.5 cm³/mol. The summed E-state index contributed by atoms with van der Waals surface area (Å²) in [5.41, 5.74) is 0. The van der Waals surface area contributed by atoms with Crippen LogP contribution in [0.5, 0.6) is 0 Å². The van der Waals surface area contributed by atoms with Crippen molar-refractivity contribution in [1.29, 1.82) is 0 Å². The third-order valence-corrected chi connectivity index (χ3v) is 2.93. The minimum Gasteiger partial charge on any atom is -0.355 e. The Morgan fingerprint density at radius 2 is 2.00 bits per heavy atom. The predicted octanol–water partition coefficient (Wildman–Crippen LogP) is 0.171. The first-order valence-corrected chi connectivity index (χ1v) is 6.83. The van der Waals surface area contributed by atoms with Gasteiger partial charge in [0.1, 0.15) is 0 Å². The molecule has 3 amide bonds. The maximum atomic E-state index is 11.3. The number of carbonyl (C=O) groups is 3. The van der Waals surface area contributed by atoms with Crippen LogP contribution >= 0.6 is 11.8 Å². The highest BCUT2D eigenvalue weighted by atomic mass is 32.2. The molecule has 0 radical (unpaired) electrons. The van der Waals surface area contributed by atoms with Crippen molar-refractivity contribution in [2.24, 2.45) is 0 Å². The van der Waals surface area contributed by atoms with Gasteiger partial charge in [-0.05, 0) is 12.7 Å². The molecule has 1 heterocycles. The Bertz CT molecular complexity index is 324. The second-order valence-electron chi connectivity index (χ2n) is 3.61. The van der Waals surface area contributed by atoms with E-state index in [0.29, 0.717) is 25.9 Å². The zero-order chi connectivity index (χ0) is 12.7. The van der Waals surface area contributed by atoms with E-state index in [2.05, 4.69) is 5.32 Å². The summed E-state index contributed by atoms with van der Waals surface area (Å²) < 4.78 is 0. The summed E-state index contributed by atoms with van der Waals surface area (Å²) in [5.74, 6) is 0.264. The van der Waals surface area contributed by atoms with Crippen LogP contribution in [0, 0.1) is 0 Å². The van der Waals surface area contributed by atoms with Crippen molar-refractivity contribution in [2.75, 3.05) is 25.1 Å². The van der Waals surface area contributed by atoms with Crippen molar-refractivity contribution in [1.82, 2.24) is 10.2 Å². The van der Waals surface area contributed by atoms with Gasteiger partial charge in [0.25, 0.3) is 11.8 Å². The van der Waals surface area contributed by atoms with Crippen molar-refractivity contribution >= 4 is 29.5 Å². The minimum absolute atomic E-state index is 0.0360. The number of nitrogens with zero attached hydrogens (tertiary/aromatic N) is 1. The van der Waals surface area contributed by atoms with Crippen molar-refractivity contribution in [3.63, 3.8) is 0 Å². The molecule has 6 heteroatoms. The molecule has 0 saturated heterocycles. The number of carbonyl (C=O) groups excluding carboxylic acids is 3. The molecule has 0 spiro atoms. The molecular weight excluding hydrogens is 240 g/mol. The third kappa shape index (κ3) is 4.60. The summed E-state index contributed by atoms with van der Waals surface area (Å²) in [5, 5.41) is 2.77. The van der Waals surface area contributed by atoms with E-state index >= 15 is 0 Å². The van der Waals surface area contributed by atoms with Crippen LogP contribution in [0.3, 0.4) is 0 Å². The minimum atomic E-state index is -0.294. The molecule has 0 aliphatic carbocycles. The number of amides is 3. The molecule has 1 N–H and O–H groups in total. The van der Waals surface area contributed by atoms with E-state index in [1.807, 2.05) is 6.26 Å². The number of rotatable bonds is 7. The first-order chi connectivity index (χ1) is 8.15. The van der Waals surface area contributed by atoms with Gasteiger partial charge in [-0.2, -0.15) is 11.8 Å². The molecule has 1 aliphatic heterocycles. The summed E-state index contributed by atoms with van der Waals surface area (Å²) in [6, 6.07) is 0. The van der Waals surface area contributed by atoms with Crippen molar-refractivity contribution in [3.05, 3.63) is 12.2 Å². The number of imide groups is 1. The van der Waals surface area contributed by atoms with E-state index in [9.17, 15) is 14.4 Å². The fraction of sp³-hybridized carbons (Fsp3) is 0.545. The van der Waals surface area contributed by atoms with Crippen LogP contribution in [0.1, 0.15) is 12.8 Å². The van der Waals surface area contributed by atoms with Crippen LogP contribution in [0.2, 0.25) is 0 Å². The lowest BCUT2D eigenvalue weighted by Gasteiger charge is -2.13. The molecule has 1 rings (SSSR count). The van der Waals surface area contributed by atoms with Gasteiger partial charge in [0.15, 0.2) is 0 Å². The Hall–Kier alpha value is -1.30. The van der Waals surface area contributed by atoms with Crippen molar-refractivity contribution < 1.29 is 14.4 Å². The molecule has 0 aromatic carbocycles. The Morgan fingerprint density at radius 1 is 1.35 bits per heavy atom. The van der Waals surface area contributed by atoms with Gasteiger partial charge in [0.05, 0.1) is 0 Å². The lowest BCUT2D eigenvalue weighted by atomic mass is 10.3. The summed E-state index contributed by atoms with van der Waals surface area (Å²) in [6.45, 7) is 0.962. The standard InChI is InChI=1S/C11H16N2O3S/c1-17-8-6-12-9(14)3-2-7-13-10(15)4-5-11(13)16/h4-5H,2-3,6-8H2,1H3,(H,12,14). The van der Waals surface area contributed by atoms with Gasteiger partial charge in [-0.15, -0.1) is 0 Å². The van der Waals surface area contributed by atoms with Gasteiger partial charge < -0.3 is 5.32 Å². The number of hydrogen-bond acceptors (Lipinski definition) is 4. The van der Waals surface area contributed by atoms with E-state index in [0.717, 1.165) is 10.7 Å². The van der Waals surface area contributed by atoms with Crippen LogP contribution in [0.4, 0.5) is 0 Å². The average Bonchev–Trinajstić information content (AvgIpc) is 2.61. The normalized spacial score (nSPS) is 14.5. The highest BCUT2D eigenvalue weighted by molar-refractivity contribution is 7.98. The molecule has 0 atom stereocenters. The molecule has 0 saturated carbocycles. The molecule has 94 valence electrons. The lowest BCUT2D eigenvalue weighted by Crippen LogP contribution is -2.32. The van der Waals surface area contributed by atoms with Crippen molar-refractivity contribution in [2.45, 2.75) is 12.8 Å². The molecule has 1 aliphatic rings. The molecule has 0 fully saturated rings. The molecule has 17 heavy (non-hydrogen) atoms. The first kappa shape index (κ1) is 13.8. The molecule has 0 aromatic heterocycles. The van der Waals surface area contributed by atoms with Crippen LogP contribution < -0.4 is 5.32 Å². The van der Waals surface area contributed by atoms with Gasteiger partial charge in [0, 0.05) is 37.4 Å². The fourth-order valence-corrected chi connectivity index (χ4v) is 1.74. The number of thioether (sulfide) groups is 1. The Balaban J connectivity index is 2.13. The van der Waals surface area contributed by atoms with E-state index in [1.165, 1.54) is 12.2 Å². The Morgan fingerprint density at radius 3 is 2.59 bits per heavy atom. The molecule has 5 nitrogen and oxygen atoms in total. The molecule has 0 unspecified atom stereocenters. The van der Waals surface area contributed by atoms with Crippen LogP contribution in [-0.4, -0.2) is 47.7 Å². The van der Waals surface area contributed by atoms with Crippen LogP contribution in [0.25, 0.3) is 0 Å². The van der Waals surface area contributed by atoms with E-state index < -0.39 is 0 Å². The second-order valence-corrected chi connectivity index (χ2v) is 4.59. The van der Waals surface area contributed by atoms with E-state index in [-0.39, 0.29) is 17.7 Å². The summed E-state index contributed by atoms with van der Waals surface area (Å²) in [7, 11) is 0. The zero-order valence-electron chi connectivity index (χ0n) is 9.77. The number of nitrogens with one attached hydrogen (secondary N) is 1. The van der Waals surface area contributed by atoms with Crippen molar-refractivity contribution in [3.8, 4) is 0 Å². The highest BCUT2D eigenvalue weighted by Crippen LogP contribution is 2.05. The molecule has 0 aromatic rings. The van der Waals surface area contributed by atoms with Gasteiger partial charge >= 0.3 is 0 Å². The van der Waals surface area contributed by atoms with E-state index in [1.54, 1.807) is 11.8 Å². The zero-order valence-corrected chi connectivity index (χ0v) is 10.6. The maximum Gasteiger partial charge on any atom is 0.253 e. The molecule has 0 bridgehead atoms. The largest absolute Gasteiger partial charge is 0.355 e. The van der Waals surface area contributed by atoms with Gasteiger partial charge in [-0.1, -0.05) is 0 Å². The molecular formula is C11H16N2O3S. The van der Waals surface area contributed by atoms with Gasteiger partial charge in [0.2, 0.25) is 5.91 Å². The van der Waals surface area contributed by atoms with Gasteiger partial charge in [-0.25, -0.2) is 0 Å². The monoisotopic (exact) mass is 256 g/mol. The third-order valence-electron chi connectivity index (χ3n) is 2.31. The smallest absolute Gasteiger partial charge is 0.253 e. The quantitative estimate of drug-likeness (QED) is 0.521. The Labute approximate surface area is 105 Å². The van der Waals surface area contributed by atoms with Crippen LogP contribution in [0.15, 0.2) is 12.2 Å². The Kier molecular flexibility index (Phi) is 5.76. The summed E-state index contributed by atoms with van der Waals surface area (Å²) in [4.78, 5) is 34.9. The number of hydrogen-bond donors (Lipinski definition) is 1. The first-order valence-electron chi connectivity index (χ1n) is 5.44. The fourth-order valence-electron chi connectivity index (χ4n) is 1.43. The average molecular weight is 256 g/mol. The summed E-state index contributed by atoms with van der Waals surface area (Å²) >= 11 is 1.67. The van der Waals surface area contributed by atoms with E-state index in [4.69, 9.17) is 0 Å². The van der Waals surface area contributed by atoms with Crippen LogP contribution in [-0.2, 0) is 14.4 Å². The highest BCUT2D eigenvalue weighted by Gasteiger charge is 2.22. The SMILES string of the molecule is CSCCNC(=O)CCCN1C(=O)C=CC1=O. The van der Waals surface area contributed by atoms with Gasteiger partial charge in [-0.3, -0.25) is 19.3 Å². The lowest BCUT2D eigenvalue weighted by molar-refractivity contribution is -0.137. The topological polar surface area (TPSA) is 66.5 Å². The second kappa shape index (κ2) is 7.11. The maximum absolute atomic E-state index is 11.3.